The van der Waals surface area contributed by atoms with Crippen molar-refractivity contribution in [1.82, 2.24) is 4.98 Å². The first-order chi connectivity index (χ1) is 16.4. The second-order valence-electron chi connectivity index (χ2n) is 8.48. The van der Waals surface area contributed by atoms with Crippen LogP contribution in [0.3, 0.4) is 0 Å². The zero-order valence-electron chi connectivity index (χ0n) is 19.1. The summed E-state index contributed by atoms with van der Waals surface area (Å²) in [6.07, 6.45) is 1.80. The summed E-state index contributed by atoms with van der Waals surface area (Å²) in [6.45, 7) is 3.79. The standard InChI is InChI=1S/C28H24N2O4/c1-16-8-10-18(11-9-16)30-25(22-15-29-23-7-5-4-6-21(22)23)24(27(32)28(30)33)26(31)20-13-12-19(34-3)14-17(20)2/h4-15,25,29,31H,1-3H3/b26-24+. The number of ketones is 1. The number of ether oxygens (including phenoxy) is 1. The van der Waals surface area contributed by atoms with Crippen LogP contribution in [0.25, 0.3) is 16.7 Å². The maximum absolute atomic E-state index is 13.4. The number of nitrogens with one attached hydrogen (secondary N) is 1. The summed E-state index contributed by atoms with van der Waals surface area (Å²) in [5.74, 6) is -0.957. The molecule has 6 heteroatoms. The molecule has 0 radical (unpaired) electrons. The summed E-state index contributed by atoms with van der Waals surface area (Å²) >= 11 is 0. The highest BCUT2D eigenvalue weighted by Gasteiger charge is 2.47. The Morgan fingerprint density at radius 2 is 1.74 bits per heavy atom. The highest BCUT2D eigenvalue weighted by molar-refractivity contribution is 6.52. The molecule has 0 saturated carbocycles. The van der Waals surface area contributed by atoms with Gasteiger partial charge in [0.05, 0.1) is 18.7 Å². The normalized spacial score (nSPS) is 17.5. The van der Waals surface area contributed by atoms with E-state index in [1.807, 2.05) is 62.4 Å². The number of benzene rings is 3. The number of para-hydroxylation sites is 1. The number of carbonyl (C=O) groups excluding carboxylic acids is 2. The van der Waals surface area contributed by atoms with Gasteiger partial charge in [-0.2, -0.15) is 0 Å². The third kappa shape index (κ3) is 3.35. The molecule has 5 rings (SSSR count). The van der Waals surface area contributed by atoms with Crippen LogP contribution in [0.4, 0.5) is 5.69 Å². The Balaban J connectivity index is 1.77. The zero-order chi connectivity index (χ0) is 24.0. The van der Waals surface area contributed by atoms with Crippen molar-refractivity contribution in [3.63, 3.8) is 0 Å². The lowest BCUT2D eigenvalue weighted by atomic mass is 9.93. The van der Waals surface area contributed by atoms with Gasteiger partial charge in [0.1, 0.15) is 11.5 Å². The summed E-state index contributed by atoms with van der Waals surface area (Å²) in [7, 11) is 1.57. The minimum Gasteiger partial charge on any atom is -0.507 e. The lowest BCUT2D eigenvalue weighted by molar-refractivity contribution is -0.132. The van der Waals surface area contributed by atoms with Crippen molar-refractivity contribution < 1.29 is 19.4 Å². The Morgan fingerprint density at radius 1 is 1.00 bits per heavy atom. The van der Waals surface area contributed by atoms with E-state index >= 15 is 0 Å². The summed E-state index contributed by atoms with van der Waals surface area (Å²) in [5, 5.41) is 12.3. The number of aliphatic hydroxyl groups excluding tert-OH is 1. The second-order valence-corrected chi connectivity index (χ2v) is 8.48. The van der Waals surface area contributed by atoms with Gasteiger partial charge in [-0.1, -0.05) is 35.9 Å². The predicted octanol–water partition coefficient (Wildman–Crippen LogP) is 5.42. The van der Waals surface area contributed by atoms with E-state index in [2.05, 4.69) is 4.98 Å². The van der Waals surface area contributed by atoms with E-state index in [1.165, 1.54) is 4.90 Å². The largest absolute Gasteiger partial charge is 0.507 e. The summed E-state index contributed by atoms with van der Waals surface area (Å²) < 4.78 is 5.28. The van der Waals surface area contributed by atoms with Gasteiger partial charge in [0.15, 0.2) is 0 Å². The van der Waals surface area contributed by atoms with Gasteiger partial charge in [0.2, 0.25) is 0 Å². The van der Waals surface area contributed by atoms with Crippen LogP contribution in [0.5, 0.6) is 5.75 Å². The molecule has 1 atom stereocenters. The zero-order valence-corrected chi connectivity index (χ0v) is 19.1. The van der Waals surface area contributed by atoms with Crippen molar-refractivity contribution in [2.45, 2.75) is 19.9 Å². The molecule has 1 aromatic heterocycles. The van der Waals surface area contributed by atoms with Gasteiger partial charge in [-0.05, 0) is 55.8 Å². The van der Waals surface area contributed by atoms with E-state index in [0.29, 0.717) is 17.0 Å². The second kappa shape index (κ2) is 8.23. The molecular weight excluding hydrogens is 428 g/mol. The summed E-state index contributed by atoms with van der Waals surface area (Å²) in [6, 6.07) is 19.6. The number of aliphatic hydroxyl groups is 1. The van der Waals surface area contributed by atoms with Crippen molar-refractivity contribution in [1.29, 1.82) is 0 Å². The fourth-order valence-corrected chi connectivity index (χ4v) is 4.59. The number of anilines is 1. The van der Waals surface area contributed by atoms with E-state index in [4.69, 9.17) is 4.74 Å². The smallest absolute Gasteiger partial charge is 0.300 e. The number of aryl methyl sites for hydroxylation is 2. The highest BCUT2D eigenvalue weighted by atomic mass is 16.5. The number of methoxy groups -OCH3 is 1. The number of aromatic amines is 1. The summed E-state index contributed by atoms with van der Waals surface area (Å²) in [5.41, 5.74) is 4.52. The molecule has 0 bridgehead atoms. The number of rotatable bonds is 4. The molecule has 1 aliphatic rings. The number of fused-ring (bicyclic) bond motifs is 1. The fraction of sp³-hybridized carbons (Fsp3) is 0.143. The number of hydrogen-bond acceptors (Lipinski definition) is 4. The number of Topliss-reactive ketones (excluding diaryl/α,β-unsaturated/α-hetero) is 1. The quantitative estimate of drug-likeness (QED) is 0.246. The van der Waals surface area contributed by atoms with Gasteiger partial charge in [-0.3, -0.25) is 14.5 Å². The maximum Gasteiger partial charge on any atom is 0.300 e. The van der Waals surface area contributed by atoms with Crippen LogP contribution in [0, 0.1) is 13.8 Å². The molecule has 0 aliphatic carbocycles. The number of aromatic nitrogens is 1. The molecule has 1 saturated heterocycles. The van der Waals surface area contributed by atoms with E-state index in [1.54, 1.807) is 31.5 Å². The lowest BCUT2D eigenvalue weighted by Gasteiger charge is -2.25. The number of nitrogens with zero attached hydrogens (tertiary/aromatic N) is 1. The number of amides is 1. The fourth-order valence-electron chi connectivity index (χ4n) is 4.59. The van der Waals surface area contributed by atoms with Gasteiger partial charge in [-0.15, -0.1) is 0 Å². The van der Waals surface area contributed by atoms with Crippen LogP contribution in [-0.2, 0) is 9.59 Å². The summed E-state index contributed by atoms with van der Waals surface area (Å²) in [4.78, 5) is 31.5. The molecule has 170 valence electrons. The van der Waals surface area contributed by atoms with Crippen LogP contribution in [0.2, 0.25) is 0 Å². The number of carbonyl (C=O) groups is 2. The molecule has 6 nitrogen and oxygen atoms in total. The Hall–Kier alpha value is -4.32. The Labute approximate surface area is 197 Å². The van der Waals surface area contributed by atoms with Crippen molar-refractivity contribution in [2.24, 2.45) is 0 Å². The molecular formula is C28H24N2O4. The third-order valence-corrected chi connectivity index (χ3v) is 6.36. The number of hydrogen-bond donors (Lipinski definition) is 2. The molecule has 2 heterocycles. The average molecular weight is 453 g/mol. The third-order valence-electron chi connectivity index (χ3n) is 6.36. The van der Waals surface area contributed by atoms with E-state index < -0.39 is 17.7 Å². The minimum atomic E-state index is -0.791. The molecule has 0 spiro atoms. The van der Waals surface area contributed by atoms with Gasteiger partial charge in [-0.25, -0.2) is 0 Å². The van der Waals surface area contributed by atoms with Crippen LogP contribution in [-0.4, -0.2) is 28.9 Å². The van der Waals surface area contributed by atoms with Crippen LogP contribution < -0.4 is 9.64 Å². The average Bonchev–Trinajstić information content (AvgIpc) is 3.38. The SMILES string of the molecule is COc1ccc(/C(O)=C2\C(=O)C(=O)N(c3ccc(C)cc3)C2c2c[nH]c3ccccc23)c(C)c1. The maximum atomic E-state index is 13.4. The van der Waals surface area contributed by atoms with Crippen LogP contribution in [0.15, 0.2) is 78.5 Å². The molecule has 4 aromatic rings. The topological polar surface area (TPSA) is 82.6 Å². The van der Waals surface area contributed by atoms with Gasteiger partial charge in [0.25, 0.3) is 11.7 Å². The Bertz CT molecular complexity index is 1460. The van der Waals surface area contributed by atoms with E-state index in [-0.39, 0.29) is 11.3 Å². The first-order valence-corrected chi connectivity index (χ1v) is 11.0. The molecule has 2 N–H and O–H groups in total. The van der Waals surface area contributed by atoms with Crippen molar-refractivity contribution >= 4 is 34.0 Å². The minimum absolute atomic E-state index is 0.0589. The van der Waals surface area contributed by atoms with Crippen molar-refractivity contribution in [2.75, 3.05) is 12.0 Å². The van der Waals surface area contributed by atoms with Gasteiger partial charge < -0.3 is 14.8 Å². The predicted molar refractivity (Wildman–Crippen MR) is 132 cm³/mol. The molecule has 1 fully saturated rings. The first-order valence-electron chi connectivity index (χ1n) is 11.0. The van der Waals surface area contributed by atoms with Crippen molar-refractivity contribution in [3.8, 4) is 5.75 Å². The molecule has 1 amide bonds. The molecule has 34 heavy (non-hydrogen) atoms. The van der Waals surface area contributed by atoms with E-state index in [9.17, 15) is 14.7 Å². The molecule has 3 aromatic carbocycles. The van der Waals surface area contributed by atoms with Gasteiger partial charge in [0, 0.05) is 33.9 Å². The van der Waals surface area contributed by atoms with Crippen LogP contribution >= 0.6 is 0 Å². The molecule has 1 unspecified atom stereocenters. The Morgan fingerprint density at radius 3 is 2.44 bits per heavy atom. The van der Waals surface area contributed by atoms with Crippen LogP contribution in [0.1, 0.15) is 28.3 Å². The Kier molecular flexibility index (Phi) is 5.21. The van der Waals surface area contributed by atoms with Crippen molar-refractivity contribution in [3.05, 3.63) is 101 Å². The first kappa shape index (κ1) is 21.5. The van der Waals surface area contributed by atoms with Gasteiger partial charge >= 0.3 is 0 Å². The lowest BCUT2D eigenvalue weighted by Crippen LogP contribution is -2.29. The van der Waals surface area contributed by atoms with E-state index in [0.717, 1.165) is 27.6 Å². The number of H-pyrrole nitrogens is 1. The highest BCUT2D eigenvalue weighted by Crippen LogP contribution is 2.44. The monoisotopic (exact) mass is 452 g/mol. The molecule has 1 aliphatic heterocycles.